The first-order valence-electron chi connectivity index (χ1n) is 8.94. The Balaban J connectivity index is 1.98. The van der Waals surface area contributed by atoms with E-state index in [1.165, 1.54) is 6.20 Å². The lowest BCUT2D eigenvalue weighted by Crippen LogP contribution is -2.35. The van der Waals surface area contributed by atoms with Crippen molar-refractivity contribution in [1.29, 1.82) is 0 Å². The van der Waals surface area contributed by atoms with Gasteiger partial charge in [-0.2, -0.15) is 0 Å². The van der Waals surface area contributed by atoms with Crippen LogP contribution >= 0.6 is 0 Å². The number of amides is 2. The Labute approximate surface area is 162 Å². The number of carbonyl (C=O) groups is 2. The maximum atomic E-state index is 11.8. The molecule has 0 unspecified atom stereocenters. The van der Waals surface area contributed by atoms with Gasteiger partial charge in [0.15, 0.2) is 11.5 Å². The fraction of sp³-hybridized carbons (Fsp3) is 0.263. The molecule has 9 heteroatoms. The number of hydrogen-bond donors (Lipinski definition) is 4. The summed E-state index contributed by atoms with van der Waals surface area (Å²) in [6.07, 6.45) is 4.63. The molecule has 0 fully saturated rings. The monoisotopic (exact) mass is 381 g/mol. The molecule has 0 aliphatic heterocycles. The number of nitrogens with zero attached hydrogens (tertiary/aromatic N) is 3. The van der Waals surface area contributed by atoms with Crippen LogP contribution in [0.3, 0.4) is 0 Å². The van der Waals surface area contributed by atoms with Crippen LogP contribution in [0.1, 0.15) is 30.3 Å². The lowest BCUT2D eigenvalue weighted by molar-refractivity contribution is -0.118. The second kappa shape index (κ2) is 7.95. The van der Waals surface area contributed by atoms with Gasteiger partial charge in [0, 0.05) is 29.8 Å². The van der Waals surface area contributed by atoms with Gasteiger partial charge in [0.05, 0.1) is 6.20 Å². The van der Waals surface area contributed by atoms with Crippen LogP contribution in [-0.4, -0.2) is 32.4 Å². The number of nitrogens with one attached hydrogen (secondary N) is 2. The smallest absolute Gasteiger partial charge is 0.271 e. The number of aryl methyl sites for hydroxylation is 1. The van der Waals surface area contributed by atoms with E-state index in [-0.39, 0.29) is 11.5 Å². The highest BCUT2D eigenvalue weighted by molar-refractivity contribution is 5.99. The number of hydrogen-bond acceptors (Lipinski definition) is 6. The van der Waals surface area contributed by atoms with Crippen molar-refractivity contribution in [3.05, 3.63) is 42.4 Å². The van der Waals surface area contributed by atoms with Crippen LogP contribution in [0.25, 0.3) is 10.9 Å². The largest absolute Gasteiger partial charge is 0.368 e. The Hall–Kier alpha value is -3.62. The second-order valence-corrected chi connectivity index (χ2v) is 6.49. The van der Waals surface area contributed by atoms with Crippen LogP contribution in [0.4, 0.5) is 17.3 Å². The number of nitrogens with two attached hydrogens (primary N) is 2. The van der Waals surface area contributed by atoms with E-state index >= 15 is 0 Å². The van der Waals surface area contributed by atoms with E-state index in [2.05, 4.69) is 20.6 Å². The summed E-state index contributed by atoms with van der Waals surface area (Å²) >= 11 is 0. The summed E-state index contributed by atoms with van der Waals surface area (Å²) in [5.74, 6) is -0.661. The van der Waals surface area contributed by atoms with Gasteiger partial charge in [0.2, 0.25) is 5.91 Å². The number of carbonyl (C=O) groups excluding carboxylic acids is 2. The molecule has 0 saturated heterocycles. The van der Waals surface area contributed by atoms with Crippen LogP contribution < -0.4 is 22.1 Å². The van der Waals surface area contributed by atoms with Crippen molar-refractivity contribution in [2.24, 2.45) is 18.5 Å². The summed E-state index contributed by atoms with van der Waals surface area (Å²) in [7, 11) is 1.95. The number of aromatic nitrogens is 3. The molecule has 1 aromatic carbocycles. The van der Waals surface area contributed by atoms with Crippen molar-refractivity contribution < 1.29 is 9.59 Å². The van der Waals surface area contributed by atoms with E-state index in [1.807, 2.05) is 49.0 Å². The molecule has 9 nitrogen and oxygen atoms in total. The zero-order chi connectivity index (χ0) is 20.3. The molecule has 3 rings (SSSR count). The molecular formula is C19H23N7O2. The van der Waals surface area contributed by atoms with Crippen LogP contribution in [0.2, 0.25) is 0 Å². The van der Waals surface area contributed by atoms with Gasteiger partial charge in [0.25, 0.3) is 5.91 Å². The molecule has 0 radical (unpaired) electrons. The first-order chi connectivity index (χ1) is 13.4. The first kappa shape index (κ1) is 19.2. The molecule has 2 heterocycles. The normalized spacial score (nSPS) is 11.9. The molecular weight excluding hydrogens is 358 g/mol. The summed E-state index contributed by atoms with van der Waals surface area (Å²) in [4.78, 5) is 31.9. The Bertz CT molecular complexity index is 1030. The topological polar surface area (TPSA) is 141 Å². The van der Waals surface area contributed by atoms with E-state index in [0.717, 1.165) is 23.0 Å². The van der Waals surface area contributed by atoms with Gasteiger partial charge in [-0.15, -0.1) is 0 Å². The average molecular weight is 381 g/mol. The maximum Gasteiger partial charge on any atom is 0.271 e. The van der Waals surface area contributed by atoms with E-state index in [9.17, 15) is 9.59 Å². The number of benzene rings is 1. The molecule has 0 aliphatic carbocycles. The summed E-state index contributed by atoms with van der Waals surface area (Å²) in [5.41, 5.74) is 12.7. The van der Waals surface area contributed by atoms with Crippen molar-refractivity contribution in [2.45, 2.75) is 25.8 Å². The Morgan fingerprint density at radius 3 is 2.71 bits per heavy atom. The molecule has 3 aromatic rings. The average Bonchev–Trinajstić information content (AvgIpc) is 3.03. The predicted octanol–water partition coefficient (Wildman–Crippen LogP) is 1.88. The van der Waals surface area contributed by atoms with Crippen molar-refractivity contribution in [3.63, 3.8) is 0 Å². The highest BCUT2D eigenvalue weighted by atomic mass is 16.1. The van der Waals surface area contributed by atoms with Gasteiger partial charge in [0.1, 0.15) is 11.9 Å². The predicted molar refractivity (Wildman–Crippen MR) is 108 cm³/mol. The lowest BCUT2D eigenvalue weighted by Gasteiger charge is -2.17. The van der Waals surface area contributed by atoms with Gasteiger partial charge in [-0.25, -0.2) is 9.97 Å². The van der Waals surface area contributed by atoms with Crippen molar-refractivity contribution in [1.82, 2.24) is 14.5 Å². The Kier molecular flexibility index (Phi) is 5.44. The molecule has 2 aromatic heterocycles. The molecule has 28 heavy (non-hydrogen) atoms. The Morgan fingerprint density at radius 1 is 1.25 bits per heavy atom. The molecule has 6 N–H and O–H groups in total. The van der Waals surface area contributed by atoms with Gasteiger partial charge < -0.3 is 26.7 Å². The lowest BCUT2D eigenvalue weighted by atomic mass is 10.1. The molecule has 1 atom stereocenters. The van der Waals surface area contributed by atoms with Crippen LogP contribution in [-0.2, 0) is 11.8 Å². The van der Waals surface area contributed by atoms with Gasteiger partial charge in [-0.1, -0.05) is 19.4 Å². The van der Waals surface area contributed by atoms with Gasteiger partial charge in [-0.05, 0) is 24.6 Å². The highest BCUT2D eigenvalue weighted by Gasteiger charge is 2.18. The molecule has 0 aliphatic rings. The first-order valence-corrected chi connectivity index (χ1v) is 8.94. The fourth-order valence-electron chi connectivity index (χ4n) is 3.02. The van der Waals surface area contributed by atoms with Crippen LogP contribution in [0.5, 0.6) is 0 Å². The summed E-state index contributed by atoms with van der Waals surface area (Å²) in [5, 5.41) is 7.07. The fourth-order valence-corrected chi connectivity index (χ4v) is 3.02. The zero-order valence-corrected chi connectivity index (χ0v) is 15.8. The third kappa shape index (κ3) is 3.88. The van der Waals surface area contributed by atoms with E-state index in [4.69, 9.17) is 11.5 Å². The summed E-state index contributed by atoms with van der Waals surface area (Å²) < 4.78 is 1.99. The van der Waals surface area contributed by atoms with Crippen molar-refractivity contribution in [3.8, 4) is 0 Å². The molecule has 2 amide bonds. The summed E-state index contributed by atoms with van der Waals surface area (Å²) in [6, 6.07) is 7.14. The van der Waals surface area contributed by atoms with Gasteiger partial charge >= 0.3 is 0 Å². The molecule has 0 bridgehead atoms. The van der Waals surface area contributed by atoms with Crippen LogP contribution in [0, 0.1) is 0 Å². The van der Waals surface area contributed by atoms with E-state index in [1.54, 1.807) is 0 Å². The summed E-state index contributed by atoms with van der Waals surface area (Å²) in [6.45, 7) is 1.95. The SMILES string of the molecule is CCC[C@@H](Nc1cnc(C(N)=O)c(Nc2cccc3c2ccn3C)n1)C(N)=O. The minimum absolute atomic E-state index is 0.00426. The maximum absolute atomic E-state index is 11.8. The molecule has 0 spiro atoms. The van der Waals surface area contributed by atoms with Crippen molar-refractivity contribution >= 4 is 40.0 Å². The number of fused-ring (bicyclic) bond motifs is 1. The molecule has 0 saturated carbocycles. The zero-order valence-electron chi connectivity index (χ0n) is 15.8. The van der Waals surface area contributed by atoms with E-state index in [0.29, 0.717) is 12.2 Å². The second-order valence-electron chi connectivity index (χ2n) is 6.49. The minimum atomic E-state index is -0.707. The van der Waals surface area contributed by atoms with E-state index < -0.39 is 17.9 Å². The van der Waals surface area contributed by atoms with Gasteiger partial charge in [-0.3, -0.25) is 9.59 Å². The highest BCUT2D eigenvalue weighted by Crippen LogP contribution is 2.27. The Morgan fingerprint density at radius 2 is 2.04 bits per heavy atom. The standard InChI is InChI=1S/C19H23N7O2/c1-3-5-13(17(20)27)23-15-10-22-16(18(21)28)19(25-15)24-12-6-4-7-14-11(12)8-9-26(14)2/h4,6-10,13H,3,5H2,1-2H3,(H2,20,27)(H2,21,28)(H2,23,24,25)/t13-/m1/s1. The van der Waals surface area contributed by atoms with Crippen LogP contribution in [0.15, 0.2) is 36.7 Å². The third-order valence-corrected chi connectivity index (χ3v) is 4.43. The third-order valence-electron chi connectivity index (χ3n) is 4.43. The molecule has 146 valence electrons. The number of primary amides is 2. The number of anilines is 3. The van der Waals surface area contributed by atoms with Crippen molar-refractivity contribution in [2.75, 3.05) is 10.6 Å². The number of rotatable bonds is 8. The minimum Gasteiger partial charge on any atom is -0.368 e. The quantitative estimate of drug-likeness (QED) is 0.469.